The first kappa shape index (κ1) is 19.9. The lowest BCUT2D eigenvalue weighted by Gasteiger charge is -2.33. The summed E-state index contributed by atoms with van der Waals surface area (Å²) >= 11 is 0. The van der Waals surface area contributed by atoms with Crippen LogP contribution < -0.4 is 4.74 Å². The zero-order valence-corrected chi connectivity index (χ0v) is 17.1. The third-order valence-corrected chi connectivity index (χ3v) is 5.28. The normalized spacial score (nSPS) is 14.9. The Balaban J connectivity index is 1.30. The SMILES string of the molecule is COc1ccc(-n2ccc(C(=O)N3CCN(C/C=C/c4ccccc4)CC3)n2)cc1. The number of hydrogen-bond donors (Lipinski definition) is 0. The van der Waals surface area contributed by atoms with Crippen LogP contribution in [-0.2, 0) is 0 Å². The number of carbonyl (C=O) groups excluding carboxylic acids is 1. The molecule has 1 aromatic heterocycles. The number of benzene rings is 2. The number of hydrogen-bond acceptors (Lipinski definition) is 4. The highest BCUT2D eigenvalue weighted by molar-refractivity contribution is 5.92. The second-order valence-electron chi connectivity index (χ2n) is 7.25. The molecule has 30 heavy (non-hydrogen) atoms. The summed E-state index contributed by atoms with van der Waals surface area (Å²) in [4.78, 5) is 17.1. The zero-order chi connectivity index (χ0) is 20.8. The molecule has 0 spiro atoms. The third-order valence-electron chi connectivity index (χ3n) is 5.28. The van der Waals surface area contributed by atoms with E-state index in [-0.39, 0.29) is 5.91 Å². The number of methoxy groups -OCH3 is 1. The van der Waals surface area contributed by atoms with Gasteiger partial charge in [-0.15, -0.1) is 0 Å². The molecule has 4 rings (SSSR count). The highest BCUT2D eigenvalue weighted by Crippen LogP contribution is 2.15. The van der Waals surface area contributed by atoms with Crippen molar-refractivity contribution < 1.29 is 9.53 Å². The molecule has 6 nitrogen and oxygen atoms in total. The van der Waals surface area contributed by atoms with E-state index in [1.54, 1.807) is 17.9 Å². The van der Waals surface area contributed by atoms with E-state index in [9.17, 15) is 4.79 Å². The van der Waals surface area contributed by atoms with Gasteiger partial charge in [-0.1, -0.05) is 42.5 Å². The van der Waals surface area contributed by atoms with E-state index in [0.29, 0.717) is 18.8 Å². The molecule has 0 saturated carbocycles. The number of amides is 1. The molecule has 0 aliphatic carbocycles. The molecule has 0 radical (unpaired) electrons. The summed E-state index contributed by atoms with van der Waals surface area (Å²) in [6.45, 7) is 4.05. The number of ether oxygens (including phenoxy) is 1. The molecule has 0 N–H and O–H groups in total. The molecular formula is C24H26N4O2. The number of piperazine rings is 1. The highest BCUT2D eigenvalue weighted by Gasteiger charge is 2.23. The van der Waals surface area contributed by atoms with Gasteiger partial charge in [0.2, 0.25) is 0 Å². The molecule has 1 saturated heterocycles. The van der Waals surface area contributed by atoms with Gasteiger partial charge in [-0.3, -0.25) is 9.69 Å². The molecule has 0 bridgehead atoms. The summed E-state index contributed by atoms with van der Waals surface area (Å²) in [5.41, 5.74) is 2.58. The fourth-order valence-corrected chi connectivity index (χ4v) is 3.51. The second-order valence-corrected chi connectivity index (χ2v) is 7.25. The minimum absolute atomic E-state index is 0.0123. The van der Waals surface area contributed by atoms with Gasteiger partial charge >= 0.3 is 0 Å². The summed E-state index contributed by atoms with van der Waals surface area (Å²) in [7, 11) is 1.64. The quantitative estimate of drug-likeness (QED) is 0.635. The molecule has 1 aliphatic rings. The molecule has 1 amide bonds. The fraction of sp³-hybridized carbons (Fsp3) is 0.250. The number of nitrogens with zero attached hydrogens (tertiary/aromatic N) is 4. The first-order valence-corrected chi connectivity index (χ1v) is 10.2. The van der Waals surface area contributed by atoms with Crippen LogP contribution in [0, 0.1) is 0 Å². The lowest BCUT2D eigenvalue weighted by atomic mass is 10.2. The van der Waals surface area contributed by atoms with Gasteiger partial charge in [0.25, 0.3) is 5.91 Å². The van der Waals surface area contributed by atoms with Crippen molar-refractivity contribution in [3.05, 3.63) is 84.2 Å². The fourth-order valence-electron chi connectivity index (χ4n) is 3.51. The molecule has 154 valence electrons. The predicted octanol–water partition coefficient (Wildman–Crippen LogP) is 3.35. The van der Waals surface area contributed by atoms with Gasteiger partial charge in [0.1, 0.15) is 5.75 Å². The second kappa shape index (κ2) is 9.41. The summed E-state index contributed by atoms with van der Waals surface area (Å²) in [6, 6.07) is 19.7. The van der Waals surface area contributed by atoms with Crippen molar-refractivity contribution in [3.63, 3.8) is 0 Å². The molecule has 0 atom stereocenters. The van der Waals surface area contributed by atoms with Crippen LogP contribution >= 0.6 is 0 Å². The van der Waals surface area contributed by atoms with Gasteiger partial charge in [-0.25, -0.2) is 4.68 Å². The summed E-state index contributed by atoms with van der Waals surface area (Å²) in [5.74, 6) is 0.778. The third kappa shape index (κ3) is 4.78. The van der Waals surface area contributed by atoms with Gasteiger partial charge in [-0.05, 0) is 35.9 Å². The van der Waals surface area contributed by atoms with E-state index in [1.807, 2.05) is 53.6 Å². The topological polar surface area (TPSA) is 50.6 Å². The van der Waals surface area contributed by atoms with Crippen LogP contribution in [0.5, 0.6) is 5.75 Å². The minimum Gasteiger partial charge on any atom is -0.497 e. The van der Waals surface area contributed by atoms with Crippen LogP contribution in [0.4, 0.5) is 0 Å². The van der Waals surface area contributed by atoms with E-state index >= 15 is 0 Å². The smallest absolute Gasteiger partial charge is 0.274 e. The minimum atomic E-state index is -0.0123. The van der Waals surface area contributed by atoms with Crippen molar-refractivity contribution >= 4 is 12.0 Å². The van der Waals surface area contributed by atoms with Crippen LogP contribution in [-0.4, -0.2) is 65.3 Å². The maximum atomic E-state index is 12.8. The molecule has 0 unspecified atom stereocenters. The Morgan fingerprint density at radius 2 is 1.73 bits per heavy atom. The van der Waals surface area contributed by atoms with Crippen LogP contribution in [0.1, 0.15) is 16.1 Å². The molecule has 6 heteroatoms. The Hall–Kier alpha value is -3.38. The van der Waals surface area contributed by atoms with Gasteiger partial charge in [0.15, 0.2) is 5.69 Å². The molecule has 3 aromatic rings. The monoisotopic (exact) mass is 402 g/mol. The molecular weight excluding hydrogens is 376 g/mol. The van der Waals surface area contributed by atoms with Crippen LogP contribution in [0.2, 0.25) is 0 Å². The van der Waals surface area contributed by atoms with Crippen molar-refractivity contribution in [1.29, 1.82) is 0 Å². The molecule has 2 aromatic carbocycles. The molecule has 1 aliphatic heterocycles. The first-order valence-electron chi connectivity index (χ1n) is 10.2. The average molecular weight is 402 g/mol. The maximum absolute atomic E-state index is 12.8. The standard InChI is InChI=1S/C24H26N4O2/c1-30-22-11-9-21(10-12-22)28-15-13-23(25-28)24(29)27-18-16-26(17-19-27)14-5-8-20-6-3-2-4-7-20/h2-13,15H,14,16-19H2,1H3/b8-5+. The Bertz CT molecular complexity index is 988. The van der Waals surface area contributed by atoms with E-state index in [4.69, 9.17) is 4.74 Å². The Labute approximate surface area is 177 Å². The van der Waals surface area contributed by atoms with Crippen molar-refractivity contribution in [3.8, 4) is 11.4 Å². The van der Waals surface area contributed by atoms with Crippen LogP contribution in [0.3, 0.4) is 0 Å². The van der Waals surface area contributed by atoms with E-state index in [2.05, 4.69) is 34.3 Å². The Kier molecular flexibility index (Phi) is 6.25. The van der Waals surface area contributed by atoms with Gasteiger partial charge in [-0.2, -0.15) is 5.10 Å². The zero-order valence-electron chi connectivity index (χ0n) is 17.1. The summed E-state index contributed by atoms with van der Waals surface area (Å²) in [5, 5.41) is 4.47. The van der Waals surface area contributed by atoms with Gasteiger partial charge in [0, 0.05) is 38.9 Å². The first-order chi connectivity index (χ1) is 14.7. The van der Waals surface area contributed by atoms with Crippen molar-refractivity contribution in [2.24, 2.45) is 0 Å². The Morgan fingerprint density at radius 1 is 1.00 bits per heavy atom. The average Bonchev–Trinajstić information content (AvgIpc) is 3.30. The lowest BCUT2D eigenvalue weighted by Crippen LogP contribution is -2.48. The van der Waals surface area contributed by atoms with Crippen LogP contribution in [0.25, 0.3) is 11.8 Å². The molecule has 1 fully saturated rings. The highest BCUT2D eigenvalue weighted by atomic mass is 16.5. The van der Waals surface area contributed by atoms with Crippen molar-refractivity contribution in [2.75, 3.05) is 39.8 Å². The number of aromatic nitrogens is 2. The van der Waals surface area contributed by atoms with Crippen molar-refractivity contribution in [1.82, 2.24) is 19.6 Å². The summed E-state index contributed by atoms with van der Waals surface area (Å²) in [6.07, 6.45) is 6.15. The summed E-state index contributed by atoms with van der Waals surface area (Å²) < 4.78 is 6.90. The largest absolute Gasteiger partial charge is 0.497 e. The number of carbonyl (C=O) groups is 1. The van der Waals surface area contributed by atoms with Crippen LogP contribution in [0.15, 0.2) is 72.9 Å². The van der Waals surface area contributed by atoms with E-state index in [0.717, 1.165) is 31.1 Å². The maximum Gasteiger partial charge on any atom is 0.274 e. The van der Waals surface area contributed by atoms with Crippen molar-refractivity contribution in [2.45, 2.75) is 0 Å². The van der Waals surface area contributed by atoms with Gasteiger partial charge < -0.3 is 9.64 Å². The molecule has 2 heterocycles. The Morgan fingerprint density at radius 3 is 2.43 bits per heavy atom. The lowest BCUT2D eigenvalue weighted by molar-refractivity contribution is 0.0644. The van der Waals surface area contributed by atoms with E-state index < -0.39 is 0 Å². The van der Waals surface area contributed by atoms with E-state index in [1.165, 1.54) is 5.56 Å². The predicted molar refractivity (Wildman–Crippen MR) is 118 cm³/mol. The van der Waals surface area contributed by atoms with Gasteiger partial charge in [0.05, 0.1) is 12.8 Å². The number of rotatable bonds is 6.